The van der Waals surface area contributed by atoms with Gasteiger partial charge in [0.1, 0.15) is 5.75 Å². The fourth-order valence-corrected chi connectivity index (χ4v) is 3.51. The molecule has 1 amide bonds. The van der Waals surface area contributed by atoms with Crippen LogP contribution in [0.15, 0.2) is 48.5 Å². The van der Waals surface area contributed by atoms with Gasteiger partial charge in [-0.15, -0.1) is 0 Å². The van der Waals surface area contributed by atoms with Crippen molar-refractivity contribution >= 4 is 28.4 Å². The van der Waals surface area contributed by atoms with Crippen LogP contribution in [0.2, 0.25) is 5.02 Å². The van der Waals surface area contributed by atoms with Crippen LogP contribution in [0.4, 0.5) is 0 Å². The number of halogens is 1. The minimum absolute atomic E-state index is 0.00545. The van der Waals surface area contributed by atoms with Gasteiger partial charge in [0.25, 0.3) is 5.91 Å². The first-order chi connectivity index (χ1) is 12.1. The molecule has 0 spiro atoms. The topological polar surface area (TPSA) is 45.3 Å². The Morgan fingerprint density at radius 3 is 2.76 bits per heavy atom. The van der Waals surface area contributed by atoms with Gasteiger partial charge in [-0.1, -0.05) is 29.8 Å². The molecule has 3 aromatic rings. The number of carbonyl (C=O) groups is 1. The Morgan fingerprint density at radius 1 is 1.20 bits per heavy atom. The zero-order valence-electron chi connectivity index (χ0n) is 14.0. The Kier molecular flexibility index (Phi) is 4.14. The fraction of sp³-hybridized carbons (Fsp3) is 0.250. The lowest BCUT2D eigenvalue weighted by molar-refractivity contribution is -0.138. The highest BCUT2D eigenvalue weighted by molar-refractivity contribution is 6.30. The molecular weight excluding hydrogens is 336 g/mol. The lowest BCUT2D eigenvalue weighted by Gasteiger charge is -2.29. The van der Waals surface area contributed by atoms with Gasteiger partial charge in [-0.05, 0) is 37.3 Å². The number of hydrogen-bond acceptors (Lipinski definition) is 2. The summed E-state index contributed by atoms with van der Waals surface area (Å²) in [5.41, 5.74) is 3.58. The highest BCUT2D eigenvalue weighted by Crippen LogP contribution is 2.28. The van der Waals surface area contributed by atoms with Gasteiger partial charge < -0.3 is 14.6 Å². The molecule has 0 radical (unpaired) electrons. The molecule has 1 unspecified atom stereocenters. The number of H-pyrrole nitrogens is 1. The second-order valence-electron chi connectivity index (χ2n) is 6.35. The van der Waals surface area contributed by atoms with E-state index in [1.807, 2.05) is 17.0 Å². The summed E-state index contributed by atoms with van der Waals surface area (Å²) < 4.78 is 5.78. The third-order valence-electron chi connectivity index (χ3n) is 4.67. The zero-order chi connectivity index (χ0) is 17.4. The quantitative estimate of drug-likeness (QED) is 0.767. The molecule has 0 saturated carbocycles. The first-order valence-electron chi connectivity index (χ1n) is 8.41. The van der Waals surface area contributed by atoms with Gasteiger partial charge in [0.2, 0.25) is 0 Å². The third-order valence-corrected chi connectivity index (χ3v) is 4.92. The van der Waals surface area contributed by atoms with Crippen molar-refractivity contribution in [3.8, 4) is 5.75 Å². The number of benzene rings is 2. The second-order valence-corrected chi connectivity index (χ2v) is 6.79. The Labute approximate surface area is 151 Å². The van der Waals surface area contributed by atoms with Crippen LogP contribution in [0.3, 0.4) is 0 Å². The van der Waals surface area contributed by atoms with Crippen LogP contribution in [-0.4, -0.2) is 28.4 Å². The molecule has 0 bridgehead atoms. The van der Waals surface area contributed by atoms with E-state index in [-0.39, 0.29) is 5.91 Å². The number of aromatic amines is 1. The maximum Gasteiger partial charge on any atom is 0.263 e. The van der Waals surface area contributed by atoms with E-state index in [9.17, 15) is 4.79 Å². The summed E-state index contributed by atoms with van der Waals surface area (Å²) in [4.78, 5) is 18.1. The van der Waals surface area contributed by atoms with Gasteiger partial charge >= 0.3 is 0 Å². The standard InChI is InChI=1S/C20H19ClN2O2/c1-13(25-15-8-6-14(21)7-9-15)20(24)23-11-10-19-17(12-23)16-4-2-3-5-18(16)22-19/h2-9,13,22H,10-12H2,1H3. The van der Waals surface area contributed by atoms with Gasteiger partial charge in [0, 0.05) is 46.7 Å². The molecular formula is C20H19ClN2O2. The van der Waals surface area contributed by atoms with Gasteiger partial charge in [-0.25, -0.2) is 0 Å². The molecule has 0 aliphatic carbocycles. The number of rotatable bonds is 3. The van der Waals surface area contributed by atoms with E-state index in [2.05, 4.69) is 17.1 Å². The molecule has 0 saturated heterocycles. The minimum atomic E-state index is -0.534. The summed E-state index contributed by atoms with van der Waals surface area (Å²) in [7, 11) is 0. The molecule has 1 atom stereocenters. The van der Waals surface area contributed by atoms with E-state index in [4.69, 9.17) is 16.3 Å². The molecule has 5 heteroatoms. The van der Waals surface area contributed by atoms with E-state index in [0.717, 1.165) is 11.9 Å². The smallest absolute Gasteiger partial charge is 0.263 e. The normalized spacial score (nSPS) is 15.0. The molecule has 25 heavy (non-hydrogen) atoms. The third kappa shape index (κ3) is 3.10. The van der Waals surface area contributed by atoms with Crippen LogP contribution in [0, 0.1) is 0 Å². The van der Waals surface area contributed by atoms with E-state index in [1.165, 1.54) is 16.6 Å². The van der Waals surface area contributed by atoms with Crippen molar-refractivity contribution in [2.24, 2.45) is 0 Å². The van der Waals surface area contributed by atoms with Crippen LogP contribution >= 0.6 is 11.6 Å². The molecule has 4 nitrogen and oxygen atoms in total. The maximum absolute atomic E-state index is 12.8. The summed E-state index contributed by atoms with van der Waals surface area (Å²) in [6, 6.07) is 15.3. The number of aromatic nitrogens is 1. The first kappa shape index (κ1) is 16.0. The molecule has 1 aliphatic rings. The summed E-state index contributed by atoms with van der Waals surface area (Å²) in [6.45, 7) is 3.11. The number of amides is 1. The minimum Gasteiger partial charge on any atom is -0.481 e. The number of fused-ring (bicyclic) bond motifs is 3. The number of para-hydroxylation sites is 1. The van der Waals surface area contributed by atoms with Crippen molar-refractivity contribution < 1.29 is 9.53 Å². The van der Waals surface area contributed by atoms with E-state index in [0.29, 0.717) is 23.9 Å². The summed E-state index contributed by atoms with van der Waals surface area (Å²) in [6.07, 6.45) is 0.302. The fourth-order valence-electron chi connectivity index (χ4n) is 3.38. The van der Waals surface area contributed by atoms with Crippen LogP contribution < -0.4 is 4.74 Å². The first-order valence-corrected chi connectivity index (χ1v) is 8.79. The summed E-state index contributed by atoms with van der Waals surface area (Å²) in [5, 5.41) is 1.84. The molecule has 1 aliphatic heterocycles. The maximum atomic E-state index is 12.8. The van der Waals surface area contributed by atoms with Crippen LogP contribution in [-0.2, 0) is 17.8 Å². The number of hydrogen-bond donors (Lipinski definition) is 1. The van der Waals surface area contributed by atoms with Gasteiger partial charge in [-0.3, -0.25) is 4.79 Å². The average Bonchev–Trinajstić information content (AvgIpc) is 3.01. The number of carbonyl (C=O) groups excluding carboxylic acids is 1. The molecule has 1 aromatic heterocycles. The van der Waals surface area contributed by atoms with Crippen molar-refractivity contribution in [2.45, 2.75) is 26.0 Å². The van der Waals surface area contributed by atoms with Gasteiger partial charge in [0.05, 0.1) is 0 Å². The largest absolute Gasteiger partial charge is 0.481 e. The highest BCUT2D eigenvalue weighted by Gasteiger charge is 2.27. The molecule has 4 rings (SSSR count). The number of nitrogens with zero attached hydrogens (tertiary/aromatic N) is 1. The lowest BCUT2D eigenvalue weighted by Crippen LogP contribution is -2.43. The van der Waals surface area contributed by atoms with Crippen LogP contribution in [0.5, 0.6) is 5.75 Å². The van der Waals surface area contributed by atoms with Gasteiger partial charge in [0.15, 0.2) is 6.10 Å². The molecule has 2 heterocycles. The Hall–Kier alpha value is -2.46. The SMILES string of the molecule is CC(Oc1ccc(Cl)cc1)C(=O)N1CCc2[nH]c3ccccc3c2C1. The lowest BCUT2D eigenvalue weighted by atomic mass is 10.0. The van der Waals surface area contributed by atoms with Crippen LogP contribution in [0.1, 0.15) is 18.2 Å². The Morgan fingerprint density at radius 2 is 1.96 bits per heavy atom. The summed E-state index contributed by atoms with van der Waals surface area (Å²) >= 11 is 5.88. The van der Waals surface area contributed by atoms with Crippen LogP contribution in [0.25, 0.3) is 10.9 Å². The average molecular weight is 355 g/mol. The molecule has 128 valence electrons. The predicted molar refractivity (Wildman–Crippen MR) is 99.0 cm³/mol. The monoisotopic (exact) mass is 354 g/mol. The van der Waals surface area contributed by atoms with Crippen molar-refractivity contribution in [1.82, 2.24) is 9.88 Å². The Bertz CT molecular complexity index is 917. The summed E-state index contributed by atoms with van der Waals surface area (Å²) in [5.74, 6) is 0.654. The van der Waals surface area contributed by atoms with Crippen molar-refractivity contribution in [2.75, 3.05) is 6.54 Å². The van der Waals surface area contributed by atoms with E-state index < -0.39 is 6.10 Å². The second kappa shape index (κ2) is 6.45. The van der Waals surface area contributed by atoms with Crippen molar-refractivity contribution in [3.05, 3.63) is 64.8 Å². The number of ether oxygens (including phenoxy) is 1. The zero-order valence-corrected chi connectivity index (χ0v) is 14.7. The van der Waals surface area contributed by atoms with Gasteiger partial charge in [-0.2, -0.15) is 0 Å². The molecule has 1 N–H and O–H groups in total. The van der Waals surface area contributed by atoms with Crippen molar-refractivity contribution in [3.63, 3.8) is 0 Å². The molecule has 2 aromatic carbocycles. The highest BCUT2D eigenvalue weighted by atomic mass is 35.5. The Balaban J connectivity index is 1.50. The number of nitrogens with one attached hydrogen (secondary N) is 1. The predicted octanol–water partition coefficient (Wildman–Crippen LogP) is 4.17. The van der Waals surface area contributed by atoms with Crippen molar-refractivity contribution in [1.29, 1.82) is 0 Å². The van der Waals surface area contributed by atoms with E-state index in [1.54, 1.807) is 31.2 Å². The van der Waals surface area contributed by atoms with E-state index >= 15 is 0 Å². The molecule has 0 fully saturated rings.